The van der Waals surface area contributed by atoms with Crippen molar-refractivity contribution in [2.24, 2.45) is 0 Å². The van der Waals surface area contributed by atoms with Gasteiger partial charge in [0.05, 0.1) is 0 Å². The van der Waals surface area contributed by atoms with Crippen LogP contribution in [-0.2, 0) is 11.2 Å². The Bertz CT molecular complexity index is 920. The van der Waals surface area contributed by atoms with Gasteiger partial charge in [0.25, 0.3) is 5.91 Å². The summed E-state index contributed by atoms with van der Waals surface area (Å²) in [4.78, 5) is 16.9. The van der Waals surface area contributed by atoms with Crippen LogP contribution in [0, 0.1) is 0 Å². The van der Waals surface area contributed by atoms with Crippen molar-refractivity contribution in [1.82, 2.24) is 4.90 Å². The van der Waals surface area contributed by atoms with Crippen molar-refractivity contribution in [3.05, 3.63) is 96.1 Å². The van der Waals surface area contributed by atoms with E-state index in [-0.39, 0.29) is 12.5 Å². The monoisotopic (exact) mass is 386 g/mol. The third kappa shape index (κ3) is 4.96. The Labute approximate surface area is 172 Å². The lowest BCUT2D eigenvalue weighted by atomic mass is 10.0. The Morgan fingerprint density at radius 2 is 1.38 bits per heavy atom. The molecule has 0 saturated carbocycles. The summed E-state index contributed by atoms with van der Waals surface area (Å²) >= 11 is 0. The molecular formula is C25H26N2O2. The first-order valence-electron chi connectivity index (χ1n) is 10.1. The Morgan fingerprint density at radius 3 is 2.10 bits per heavy atom. The molecule has 3 aromatic rings. The molecule has 1 amide bonds. The molecule has 1 fully saturated rings. The zero-order chi connectivity index (χ0) is 19.9. The second-order valence-corrected chi connectivity index (χ2v) is 7.26. The van der Waals surface area contributed by atoms with Crippen LogP contribution in [0.4, 0.5) is 5.69 Å². The van der Waals surface area contributed by atoms with Gasteiger partial charge in [-0.2, -0.15) is 0 Å². The van der Waals surface area contributed by atoms with E-state index in [2.05, 4.69) is 35.2 Å². The van der Waals surface area contributed by atoms with E-state index >= 15 is 0 Å². The fraction of sp³-hybridized carbons (Fsp3) is 0.240. The van der Waals surface area contributed by atoms with Crippen LogP contribution in [-0.4, -0.2) is 43.6 Å². The standard InChI is InChI=1S/C25H26N2O2/c28-25(27-17-15-26(16-18-27)23-12-5-2-6-13-23)20-29-24-14-8-7-11-22(24)19-21-9-3-1-4-10-21/h1-14H,15-20H2. The van der Waals surface area contributed by atoms with Crippen LogP contribution < -0.4 is 9.64 Å². The van der Waals surface area contributed by atoms with E-state index in [0.717, 1.165) is 43.9 Å². The number of hydrogen-bond donors (Lipinski definition) is 0. The highest BCUT2D eigenvalue weighted by molar-refractivity contribution is 5.78. The normalized spacial score (nSPS) is 13.9. The number of carbonyl (C=O) groups is 1. The average Bonchev–Trinajstić information content (AvgIpc) is 2.80. The van der Waals surface area contributed by atoms with E-state index in [4.69, 9.17) is 4.74 Å². The topological polar surface area (TPSA) is 32.8 Å². The average molecular weight is 386 g/mol. The molecule has 0 atom stereocenters. The minimum atomic E-state index is 0.0484. The van der Waals surface area contributed by atoms with Crippen molar-refractivity contribution in [3.8, 4) is 5.75 Å². The number of benzene rings is 3. The van der Waals surface area contributed by atoms with Crippen LogP contribution in [0.5, 0.6) is 5.75 Å². The molecule has 1 aliphatic rings. The Kier molecular flexibility index (Phi) is 6.10. The molecule has 3 aromatic carbocycles. The maximum Gasteiger partial charge on any atom is 0.260 e. The van der Waals surface area contributed by atoms with Crippen molar-refractivity contribution in [1.29, 1.82) is 0 Å². The Hall–Kier alpha value is -3.27. The molecular weight excluding hydrogens is 360 g/mol. The molecule has 0 aromatic heterocycles. The predicted molar refractivity (Wildman–Crippen MR) is 116 cm³/mol. The fourth-order valence-electron chi connectivity index (χ4n) is 3.69. The van der Waals surface area contributed by atoms with E-state index in [1.807, 2.05) is 59.5 Å². The molecule has 148 valence electrons. The van der Waals surface area contributed by atoms with Crippen LogP contribution in [0.3, 0.4) is 0 Å². The maximum absolute atomic E-state index is 12.7. The van der Waals surface area contributed by atoms with Gasteiger partial charge in [-0.05, 0) is 29.3 Å². The SMILES string of the molecule is O=C(COc1ccccc1Cc1ccccc1)N1CCN(c2ccccc2)CC1. The molecule has 0 radical (unpaired) electrons. The Balaban J connectivity index is 1.31. The third-order valence-electron chi connectivity index (χ3n) is 5.31. The third-order valence-corrected chi connectivity index (χ3v) is 5.31. The highest BCUT2D eigenvalue weighted by atomic mass is 16.5. The zero-order valence-corrected chi connectivity index (χ0v) is 16.5. The second-order valence-electron chi connectivity index (χ2n) is 7.26. The summed E-state index contributed by atoms with van der Waals surface area (Å²) in [5.74, 6) is 0.833. The number of hydrogen-bond acceptors (Lipinski definition) is 3. The molecule has 1 saturated heterocycles. The summed E-state index contributed by atoms with van der Waals surface area (Å²) in [5, 5.41) is 0. The van der Waals surface area contributed by atoms with Crippen molar-refractivity contribution in [2.45, 2.75) is 6.42 Å². The van der Waals surface area contributed by atoms with Gasteiger partial charge in [0.15, 0.2) is 6.61 Å². The van der Waals surface area contributed by atoms with Gasteiger partial charge in [0.1, 0.15) is 5.75 Å². The van der Waals surface area contributed by atoms with E-state index in [1.165, 1.54) is 11.3 Å². The highest BCUT2D eigenvalue weighted by Crippen LogP contribution is 2.22. The minimum Gasteiger partial charge on any atom is -0.483 e. The number of amides is 1. The van der Waals surface area contributed by atoms with Crippen molar-refractivity contribution >= 4 is 11.6 Å². The predicted octanol–water partition coefficient (Wildman–Crippen LogP) is 4.01. The molecule has 0 spiro atoms. The lowest BCUT2D eigenvalue weighted by Gasteiger charge is -2.36. The summed E-state index contributed by atoms with van der Waals surface area (Å²) < 4.78 is 5.93. The van der Waals surface area contributed by atoms with E-state index < -0.39 is 0 Å². The minimum absolute atomic E-state index is 0.0484. The van der Waals surface area contributed by atoms with Gasteiger partial charge in [-0.1, -0.05) is 66.7 Å². The summed E-state index contributed by atoms with van der Waals surface area (Å²) in [6.07, 6.45) is 0.793. The van der Waals surface area contributed by atoms with Crippen LogP contribution in [0.2, 0.25) is 0 Å². The summed E-state index contributed by atoms with van der Waals surface area (Å²) in [6.45, 7) is 3.23. The molecule has 1 aliphatic heterocycles. The van der Waals surface area contributed by atoms with Gasteiger partial charge in [0, 0.05) is 38.3 Å². The van der Waals surface area contributed by atoms with E-state index in [9.17, 15) is 4.79 Å². The number of rotatable bonds is 6. The quantitative estimate of drug-likeness (QED) is 0.642. The first-order chi connectivity index (χ1) is 14.3. The maximum atomic E-state index is 12.7. The summed E-state index contributed by atoms with van der Waals surface area (Å²) in [7, 11) is 0. The van der Waals surface area contributed by atoms with E-state index in [0.29, 0.717) is 0 Å². The molecule has 0 N–H and O–H groups in total. The molecule has 0 aliphatic carbocycles. The summed E-state index contributed by atoms with van der Waals surface area (Å²) in [6, 6.07) is 28.6. The first-order valence-corrected chi connectivity index (χ1v) is 10.1. The second kappa shape index (κ2) is 9.28. The molecule has 4 nitrogen and oxygen atoms in total. The van der Waals surface area contributed by atoms with E-state index in [1.54, 1.807) is 0 Å². The van der Waals surface area contributed by atoms with Crippen LogP contribution in [0.15, 0.2) is 84.9 Å². The molecule has 4 rings (SSSR count). The first kappa shape index (κ1) is 19.1. The fourth-order valence-corrected chi connectivity index (χ4v) is 3.69. The van der Waals surface area contributed by atoms with Gasteiger partial charge in [-0.3, -0.25) is 4.79 Å². The molecule has 1 heterocycles. The van der Waals surface area contributed by atoms with Gasteiger partial charge in [0.2, 0.25) is 0 Å². The Morgan fingerprint density at radius 1 is 0.759 bits per heavy atom. The van der Waals surface area contributed by atoms with Crippen molar-refractivity contribution in [2.75, 3.05) is 37.7 Å². The van der Waals surface area contributed by atoms with Crippen LogP contribution >= 0.6 is 0 Å². The smallest absolute Gasteiger partial charge is 0.260 e. The van der Waals surface area contributed by atoms with Crippen molar-refractivity contribution in [3.63, 3.8) is 0 Å². The molecule has 0 bridgehead atoms. The molecule has 29 heavy (non-hydrogen) atoms. The largest absolute Gasteiger partial charge is 0.483 e. The number of nitrogens with zero attached hydrogens (tertiary/aromatic N) is 2. The van der Waals surface area contributed by atoms with Crippen molar-refractivity contribution < 1.29 is 9.53 Å². The highest BCUT2D eigenvalue weighted by Gasteiger charge is 2.21. The molecule has 4 heteroatoms. The number of para-hydroxylation sites is 2. The number of anilines is 1. The van der Waals surface area contributed by atoms with Gasteiger partial charge >= 0.3 is 0 Å². The zero-order valence-electron chi connectivity index (χ0n) is 16.5. The van der Waals surface area contributed by atoms with Gasteiger partial charge in [-0.25, -0.2) is 0 Å². The number of carbonyl (C=O) groups excluding carboxylic acids is 1. The lowest BCUT2D eigenvalue weighted by Crippen LogP contribution is -2.50. The van der Waals surface area contributed by atoms with Crippen LogP contribution in [0.25, 0.3) is 0 Å². The number of piperazine rings is 1. The number of ether oxygens (including phenoxy) is 1. The molecule has 0 unspecified atom stereocenters. The van der Waals surface area contributed by atoms with Crippen LogP contribution in [0.1, 0.15) is 11.1 Å². The lowest BCUT2D eigenvalue weighted by molar-refractivity contribution is -0.133. The summed E-state index contributed by atoms with van der Waals surface area (Å²) in [5.41, 5.74) is 3.54. The van der Waals surface area contributed by atoms with Gasteiger partial charge < -0.3 is 14.5 Å². The van der Waals surface area contributed by atoms with Gasteiger partial charge in [-0.15, -0.1) is 0 Å².